The molecule has 140 valence electrons. The minimum absolute atomic E-state index is 0.0146. The number of alkyl halides is 3. The molecule has 0 saturated heterocycles. The highest BCUT2D eigenvalue weighted by Gasteiger charge is 2.36. The first-order valence-corrected chi connectivity index (χ1v) is 9.66. The Labute approximate surface area is 148 Å². The van der Waals surface area contributed by atoms with Gasteiger partial charge in [-0.05, 0) is 44.7 Å². The van der Waals surface area contributed by atoms with Crippen LogP contribution in [0.4, 0.5) is 19.0 Å². The average molecular weight is 376 g/mol. The molecule has 1 aliphatic carbocycles. The molecule has 1 saturated carbocycles. The minimum Gasteiger partial charge on any atom is -0.309 e. The van der Waals surface area contributed by atoms with Gasteiger partial charge in [-0.25, -0.2) is 4.98 Å². The molecule has 4 nitrogen and oxygen atoms in total. The molecule has 0 aliphatic heterocycles. The molecule has 1 N–H and O–H groups in total. The van der Waals surface area contributed by atoms with E-state index in [1.807, 2.05) is 0 Å². The van der Waals surface area contributed by atoms with Gasteiger partial charge in [0.1, 0.15) is 10.6 Å². The van der Waals surface area contributed by atoms with Crippen LogP contribution in [0.5, 0.6) is 0 Å². The number of rotatable bonds is 5. The number of halogens is 3. The van der Waals surface area contributed by atoms with Gasteiger partial charge in [0.05, 0.1) is 5.56 Å². The van der Waals surface area contributed by atoms with Crippen molar-refractivity contribution >= 4 is 22.5 Å². The lowest BCUT2D eigenvalue weighted by atomic mass is 9.91. The fourth-order valence-electron chi connectivity index (χ4n) is 2.78. The largest absolute Gasteiger partial charge is 0.417 e. The summed E-state index contributed by atoms with van der Waals surface area (Å²) in [4.78, 5) is 16.1. The van der Waals surface area contributed by atoms with Crippen LogP contribution in [0.2, 0.25) is 0 Å². The topological polar surface area (TPSA) is 59.1 Å². The summed E-state index contributed by atoms with van der Waals surface area (Å²) >= 11 is 0. The number of pyridine rings is 1. The van der Waals surface area contributed by atoms with Gasteiger partial charge in [0.25, 0.3) is 0 Å². The molecule has 1 aliphatic rings. The molecule has 1 heterocycles. The Hall–Kier alpha value is -1.44. The number of nitrogens with zero attached hydrogens (tertiary/aromatic N) is 1. The maximum atomic E-state index is 12.6. The summed E-state index contributed by atoms with van der Waals surface area (Å²) < 4.78 is 49.1. The Morgan fingerprint density at radius 3 is 2.40 bits per heavy atom. The second-order valence-corrected chi connectivity index (χ2v) is 8.96. The fraction of sp³-hybridized carbons (Fsp3) is 0.647. The van der Waals surface area contributed by atoms with E-state index in [2.05, 4.69) is 10.3 Å². The Bertz CT molecular complexity index is 624. The van der Waals surface area contributed by atoms with Crippen LogP contribution in [0.1, 0.15) is 51.5 Å². The predicted molar refractivity (Wildman–Crippen MR) is 91.5 cm³/mol. The number of amides is 1. The third kappa shape index (κ3) is 5.26. The van der Waals surface area contributed by atoms with Gasteiger partial charge >= 0.3 is 6.18 Å². The summed E-state index contributed by atoms with van der Waals surface area (Å²) in [7, 11) is -1.37. The van der Waals surface area contributed by atoms with E-state index in [1.54, 1.807) is 13.8 Å². The van der Waals surface area contributed by atoms with Crippen molar-refractivity contribution in [2.75, 3.05) is 11.1 Å². The van der Waals surface area contributed by atoms with E-state index in [1.165, 1.54) is 6.42 Å². The average Bonchev–Trinajstić information content (AvgIpc) is 2.55. The summed E-state index contributed by atoms with van der Waals surface area (Å²) in [6, 6.07) is 1.95. The van der Waals surface area contributed by atoms with Crippen LogP contribution in [0.15, 0.2) is 18.3 Å². The third-order valence-corrected chi connectivity index (χ3v) is 6.66. The smallest absolute Gasteiger partial charge is 0.309 e. The van der Waals surface area contributed by atoms with Gasteiger partial charge in [0.15, 0.2) is 0 Å². The molecule has 1 unspecified atom stereocenters. The summed E-state index contributed by atoms with van der Waals surface area (Å²) in [5.74, 6) is 0.349. The molecular weight excluding hydrogens is 353 g/mol. The predicted octanol–water partition coefficient (Wildman–Crippen LogP) is 4.15. The van der Waals surface area contributed by atoms with E-state index >= 15 is 0 Å². The second-order valence-electron chi connectivity index (χ2n) is 6.91. The molecule has 0 aromatic carbocycles. The van der Waals surface area contributed by atoms with Crippen molar-refractivity contribution in [3.05, 3.63) is 23.9 Å². The van der Waals surface area contributed by atoms with E-state index in [0.29, 0.717) is 17.9 Å². The number of aromatic nitrogens is 1. The van der Waals surface area contributed by atoms with Crippen LogP contribution in [-0.2, 0) is 21.8 Å². The van der Waals surface area contributed by atoms with Gasteiger partial charge in [0.2, 0.25) is 5.91 Å². The Kier molecular flexibility index (Phi) is 6.24. The van der Waals surface area contributed by atoms with Gasteiger partial charge in [-0.2, -0.15) is 13.2 Å². The molecule has 0 bridgehead atoms. The van der Waals surface area contributed by atoms with Gasteiger partial charge in [0, 0.05) is 22.7 Å². The first-order valence-electron chi connectivity index (χ1n) is 8.34. The summed E-state index contributed by atoms with van der Waals surface area (Å²) in [6.45, 7) is 3.18. The van der Waals surface area contributed by atoms with E-state index in [-0.39, 0.29) is 5.82 Å². The van der Waals surface area contributed by atoms with Gasteiger partial charge in [-0.1, -0.05) is 19.3 Å². The Morgan fingerprint density at radius 1 is 1.24 bits per heavy atom. The number of carbonyl (C=O) groups excluding carboxylic acids is 1. The molecule has 1 aromatic heterocycles. The number of anilines is 1. The van der Waals surface area contributed by atoms with Crippen molar-refractivity contribution in [3.63, 3.8) is 0 Å². The summed E-state index contributed by atoms with van der Waals surface area (Å²) in [5, 5.41) is 2.47. The lowest BCUT2D eigenvalue weighted by molar-refractivity contribution is -0.137. The normalized spacial score (nSPS) is 18.0. The van der Waals surface area contributed by atoms with Crippen LogP contribution in [0.25, 0.3) is 0 Å². The first kappa shape index (κ1) is 19.9. The molecule has 0 spiro atoms. The maximum Gasteiger partial charge on any atom is 0.417 e. The number of nitrogens with one attached hydrogen (secondary N) is 1. The lowest BCUT2D eigenvalue weighted by Gasteiger charge is -2.27. The molecule has 1 atom stereocenters. The summed E-state index contributed by atoms with van der Waals surface area (Å²) in [6.07, 6.45) is 1.71. The highest BCUT2D eigenvalue weighted by atomic mass is 32.2. The van der Waals surface area contributed by atoms with Gasteiger partial charge in [-0.3, -0.25) is 9.00 Å². The number of hydrogen-bond acceptors (Lipinski definition) is 3. The number of carbonyl (C=O) groups is 1. The number of hydrogen-bond donors (Lipinski definition) is 1. The zero-order chi connectivity index (χ0) is 18.7. The molecule has 8 heteroatoms. The van der Waals surface area contributed by atoms with Crippen LogP contribution in [-0.4, -0.2) is 25.6 Å². The van der Waals surface area contributed by atoms with Gasteiger partial charge < -0.3 is 5.32 Å². The van der Waals surface area contributed by atoms with E-state index < -0.39 is 33.2 Å². The first-order chi connectivity index (χ1) is 11.6. The van der Waals surface area contributed by atoms with Crippen LogP contribution < -0.4 is 5.32 Å². The van der Waals surface area contributed by atoms with Gasteiger partial charge in [-0.15, -0.1) is 0 Å². The maximum absolute atomic E-state index is 12.6. The fourth-order valence-corrected chi connectivity index (χ4v) is 4.22. The third-order valence-electron chi connectivity index (χ3n) is 4.56. The zero-order valence-electron chi connectivity index (χ0n) is 14.4. The van der Waals surface area contributed by atoms with Crippen molar-refractivity contribution in [1.82, 2.24) is 4.98 Å². The van der Waals surface area contributed by atoms with Crippen molar-refractivity contribution in [2.24, 2.45) is 5.92 Å². The van der Waals surface area contributed by atoms with E-state index in [9.17, 15) is 22.2 Å². The van der Waals surface area contributed by atoms with Crippen molar-refractivity contribution < 1.29 is 22.2 Å². The second kappa shape index (κ2) is 7.85. The quantitative estimate of drug-likeness (QED) is 0.840. The molecular formula is C17H23F3N2O2S. The van der Waals surface area contributed by atoms with Crippen molar-refractivity contribution in [3.8, 4) is 0 Å². The molecule has 25 heavy (non-hydrogen) atoms. The van der Waals surface area contributed by atoms with Crippen molar-refractivity contribution in [2.45, 2.75) is 56.9 Å². The highest BCUT2D eigenvalue weighted by Crippen LogP contribution is 2.30. The molecule has 2 rings (SSSR count). The molecule has 0 radical (unpaired) electrons. The Morgan fingerprint density at radius 2 is 1.88 bits per heavy atom. The zero-order valence-corrected chi connectivity index (χ0v) is 15.2. The molecule has 1 aromatic rings. The SMILES string of the molecule is CC(C)(C(=O)Nc1ccc(C(F)(F)F)cn1)S(=O)CC1CCCCC1. The van der Waals surface area contributed by atoms with E-state index in [0.717, 1.165) is 37.8 Å². The minimum atomic E-state index is -4.48. The van der Waals surface area contributed by atoms with Crippen LogP contribution in [0.3, 0.4) is 0 Å². The molecule has 1 fully saturated rings. The van der Waals surface area contributed by atoms with Crippen molar-refractivity contribution in [1.29, 1.82) is 0 Å². The van der Waals surface area contributed by atoms with E-state index in [4.69, 9.17) is 0 Å². The lowest BCUT2D eigenvalue weighted by Crippen LogP contribution is -2.43. The monoisotopic (exact) mass is 376 g/mol. The van der Waals surface area contributed by atoms with Crippen LogP contribution >= 0.6 is 0 Å². The standard InChI is InChI=1S/C17H23F3N2O2S/c1-16(2,25(24)11-12-6-4-3-5-7-12)15(23)22-14-9-8-13(10-21-14)17(18,19)20/h8-10,12H,3-7,11H2,1-2H3,(H,21,22,23). The van der Waals surface area contributed by atoms with Crippen LogP contribution in [0, 0.1) is 5.92 Å². The Balaban J connectivity index is 1.98. The molecule has 1 amide bonds. The summed E-state index contributed by atoms with van der Waals surface area (Å²) in [5.41, 5.74) is -0.884. The highest BCUT2D eigenvalue weighted by molar-refractivity contribution is 7.87.